The molecule has 1 amide bonds. The van der Waals surface area contributed by atoms with E-state index in [1.165, 1.54) is 12.1 Å². The van der Waals surface area contributed by atoms with Crippen LogP contribution in [0.2, 0.25) is 0 Å². The van der Waals surface area contributed by atoms with Gasteiger partial charge in [0.25, 0.3) is 5.91 Å². The number of rotatable bonds is 17. The summed E-state index contributed by atoms with van der Waals surface area (Å²) in [5.41, 5.74) is 8.23. The van der Waals surface area contributed by atoms with Gasteiger partial charge in [0.05, 0.1) is 38.7 Å². The van der Waals surface area contributed by atoms with Gasteiger partial charge in [0, 0.05) is 37.1 Å². The number of hydrogen-bond acceptors (Lipinski definition) is 11. The molecule has 0 aliphatic carbocycles. The smallest absolute Gasteiger partial charge is 0.251 e. The molecule has 0 saturated carbocycles. The lowest BCUT2D eigenvalue weighted by Gasteiger charge is -2.12. The molecular weight excluding hydrogens is 541 g/mol. The maximum absolute atomic E-state index is 13.3. The molecule has 13 heteroatoms. The third-order valence-electron chi connectivity index (χ3n) is 5.72. The van der Waals surface area contributed by atoms with Gasteiger partial charge in [-0.1, -0.05) is 18.2 Å². The Morgan fingerprint density at radius 3 is 2.17 bits per heavy atom. The zero-order valence-corrected chi connectivity index (χ0v) is 23.1. The van der Waals surface area contributed by atoms with Gasteiger partial charge in [0.2, 0.25) is 17.8 Å². The molecule has 4 aromatic rings. The van der Waals surface area contributed by atoms with Crippen LogP contribution >= 0.6 is 0 Å². The van der Waals surface area contributed by atoms with Crippen molar-refractivity contribution in [2.45, 2.75) is 13.1 Å². The summed E-state index contributed by atoms with van der Waals surface area (Å²) < 4.78 is 23.9. The van der Waals surface area contributed by atoms with Crippen LogP contribution in [0.5, 0.6) is 0 Å². The number of carbonyl (C=O) groups excluding carboxylic acids is 1. The van der Waals surface area contributed by atoms with E-state index < -0.39 is 0 Å². The van der Waals surface area contributed by atoms with Crippen LogP contribution in [-0.4, -0.2) is 65.4 Å². The molecule has 220 valence electrons. The number of nitrogens with one attached hydrogen (secondary N) is 4. The number of anilines is 4. The number of aromatic nitrogens is 4. The number of hydrogen-bond donors (Lipinski definition) is 5. The highest BCUT2D eigenvalue weighted by Crippen LogP contribution is 2.18. The number of halogens is 1. The third-order valence-corrected chi connectivity index (χ3v) is 5.72. The van der Waals surface area contributed by atoms with Crippen molar-refractivity contribution in [3.63, 3.8) is 0 Å². The largest absolute Gasteiger partial charge is 0.378 e. The fraction of sp³-hybridized carbons (Fsp3) is 0.276. The van der Waals surface area contributed by atoms with Gasteiger partial charge in [0.15, 0.2) is 0 Å². The number of carbonyl (C=O) groups is 1. The van der Waals surface area contributed by atoms with Crippen LogP contribution in [-0.2, 0) is 22.6 Å². The summed E-state index contributed by atoms with van der Waals surface area (Å²) >= 11 is 0. The predicted octanol–water partition coefficient (Wildman–Crippen LogP) is 3.10. The highest BCUT2D eigenvalue weighted by Gasteiger charge is 2.10. The zero-order valence-electron chi connectivity index (χ0n) is 23.1. The van der Waals surface area contributed by atoms with Gasteiger partial charge in [-0.25, -0.2) is 4.39 Å². The average Bonchev–Trinajstić information content (AvgIpc) is 3.02. The number of ether oxygens (including phenoxy) is 2. The van der Waals surface area contributed by atoms with Gasteiger partial charge in [-0.15, -0.1) is 0 Å². The lowest BCUT2D eigenvalue weighted by Crippen LogP contribution is -2.27. The van der Waals surface area contributed by atoms with Gasteiger partial charge >= 0.3 is 0 Å². The Morgan fingerprint density at radius 2 is 1.48 bits per heavy atom. The quantitative estimate of drug-likeness (QED) is 0.118. The molecular formula is C29H34FN9O3. The molecule has 2 heterocycles. The summed E-state index contributed by atoms with van der Waals surface area (Å²) in [5.74, 6) is 0.440. The lowest BCUT2D eigenvalue weighted by molar-refractivity contribution is 0.0511. The number of amides is 1. The molecule has 2 aromatic carbocycles. The SMILES string of the molecule is NCCOCCOCCNC(=O)c1ccc(Nc2nc(NCc3ccc(F)cc3)nc(NCc3ccccn3)n2)cc1. The summed E-state index contributed by atoms with van der Waals surface area (Å²) in [6.45, 7) is 3.44. The van der Waals surface area contributed by atoms with Crippen molar-refractivity contribution in [2.75, 3.05) is 55.5 Å². The van der Waals surface area contributed by atoms with E-state index in [2.05, 4.69) is 41.2 Å². The van der Waals surface area contributed by atoms with Gasteiger partial charge in [-0.2, -0.15) is 15.0 Å². The van der Waals surface area contributed by atoms with Crippen molar-refractivity contribution in [1.29, 1.82) is 0 Å². The second kappa shape index (κ2) is 16.5. The molecule has 0 fully saturated rings. The van der Waals surface area contributed by atoms with Crippen LogP contribution in [0.4, 0.5) is 27.9 Å². The Kier molecular flexibility index (Phi) is 11.9. The van der Waals surface area contributed by atoms with E-state index in [0.717, 1.165) is 11.3 Å². The fourth-order valence-electron chi connectivity index (χ4n) is 3.62. The highest BCUT2D eigenvalue weighted by molar-refractivity contribution is 5.94. The minimum absolute atomic E-state index is 0.210. The zero-order chi connectivity index (χ0) is 29.4. The van der Waals surface area contributed by atoms with E-state index in [1.807, 2.05) is 18.2 Å². The minimum atomic E-state index is -0.302. The molecule has 0 aliphatic heterocycles. The van der Waals surface area contributed by atoms with Crippen LogP contribution in [0.15, 0.2) is 72.9 Å². The molecule has 42 heavy (non-hydrogen) atoms. The summed E-state index contributed by atoms with van der Waals surface area (Å²) in [7, 11) is 0. The Labute approximate surface area is 243 Å². The molecule has 0 spiro atoms. The first-order valence-corrected chi connectivity index (χ1v) is 13.5. The fourth-order valence-corrected chi connectivity index (χ4v) is 3.62. The molecule has 0 bridgehead atoms. The molecule has 0 saturated heterocycles. The molecule has 4 rings (SSSR count). The monoisotopic (exact) mass is 575 g/mol. The van der Waals surface area contributed by atoms with E-state index in [0.29, 0.717) is 81.7 Å². The standard InChI is InChI=1S/C29H34FN9O3/c30-23-8-4-21(5-9-23)19-34-27-37-28(35-20-25-3-1-2-13-32-25)39-29(38-27)36-24-10-6-22(7-11-24)26(40)33-14-16-42-18-17-41-15-12-31/h1-11,13H,12,14-20,31H2,(H,33,40)(H3,34,35,36,37,38,39). The molecule has 2 aromatic heterocycles. The van der Waals surface area contributed by atoms with Gasteiger partial charge < -0.3 is 36.5 Å². The normalized spacial score (nSPS) is 10.7. The Bertz CT molecular complexity index is 1380. The number of pyridine rings is 1. The highest BCUT2D eigenvalue weighted by atomic mass is 19.1. The molecule has 0 atom stereocenters. The van der Waals surface area contributed by atoms with E-state index >= 15 is 0 Å². The second-order valence-electron chi connectivity index (χ2n) is 8.93. The molecule has 0 aliphatic rings. The van der Waals surface area contributed by atoms with Crippen molar-refractivity contribution >= 4 is 29.4 Å². The Hall–Kier alpha value is -4.72. The van der Waals surface area contributed by atoms with Crippen LogP contribution < -0.4 is 27.0 Å². The first-order valence-electron chi connectivity index (χ1n) is 13.5. The topological polar surface area (TPSA) is 161 Å². The first kappa shape index (κ1) is 30.2. The molecule has 6 N–H and O–H groups in total. The minimum Gasteiger partial charge on any atom is -0.378 e. The van der Waals surface area contributed by atoms with Gasteiger partial charge in [0.1, 0.15) is 5.82 Å². The molecule has 0 unspecified atom stereocenters. The second-order valence-corrected chi connectivity index (χ2v) is 8.93. The Balaban J connectivity index is 1.35. The number of nitrogens with zero attached hydrogens (tertiary/aromatic N) is 4. The van der Waals surface area contributed by atoms with Crippen molar-refractivity contribution in [3.8, 4) is 0 Å². The van der Waals surface area contributed by atoms with Crippen molar-refractivity contribution < 1.29 is 18.7 Å². The summed E-state index contributed by atoms with van der Waals surface area (Å²) in [6, 6.07) is 18.7. The van der Waals surface area contributed by atoms with E-state index in [-0.39, 0.29) is 11.7 Å². The van der Waals surface area contributed by atoms with Gasteiger partial charge in [-0.05, 0) is 54.1 Å². The van der Waals surface area contributed by atoms with Crippen molar-refractivity contribution in [3.05, 3.63) is 95.6 Å². The van der Waals surface area contributed by atoms with Crippen LogP contribution in [0.3, 0.4) is 0 Å². The van der Waals surface area contributed by atoms with E-state index in [4.69, 9.17) is 15.2 Å². The summed E-state index contributed by atoms with van der Waals surface area (Å²) in [4.78, 5) is 30.2. The molecule has 12 nitrogen and oxygen atoms in total. The summed E-state index contributed by atoms with van der Waals surface area (Å²) in [6.07, 6.45) is 1.71. The van der Waals surface area contributed by atoms with E-state index in [1.54, 1.807) is 42.6 Å². The number of nitrogens with two attached hydrogens (primary N) is 1. The molecule has 0 radical (unpaired) electrons. The number of benzene rings is 2. The maximum Gasteiger partial charge on any atom is 0.251 e. The first-order chi connectivity index (χ1) is 20.6. The van der Waals surface area contributed by atoms with Crippen LogP contribution in [0.25, 0.3) is 0 Å². The predicted molar refractivity (Wildman–Crippen MR) is 158 cm³/mol. The van der Waals surface area contributed by atoms with Crippen LogP contribution in [0, 0.1) is 5.82 Å². The lowest BCUT2D eigenvalue weighted by atomic mass is 10.2. The summed E-state index contributed by atoms with van der Waals surface area (Å²) in [5, 5.41) is 12.3. The van der Waals surface area contributed by atoms with Crippen LogP contribution in [0.1, 0.15) is 21.6 Å². The van der Waals surface area contributed by atoms with E-state index in [9.17, 15) is 9.18 Å². The average molecular weight is 576 g/mol. The van der Waals surface area contributed by atoms with Crippen molar-refractivity contribution in [2.24, 2.45) is 5.73 Å². The van der Waals surface area contributed by atoms with Gasteiger partial charge in [-0.3, -0.25) is 9.78 Å². The van der Waals surface area contributed by atoms with Crippen molar-refractivity contribution in [1.82, 2.24) is 25.3 Å². The third kappa shape index (κ3) is 10.4. The Morgan fingerprint density at radius 1 is 0.786 bits per heavy atom. The maximum atomic E-state index is 13.3.